The second kappa shape index (κ2) is 5.27. The van der Waals surface area contributed by atoms with Crippen molar-refractivity contribution in [3.05, 3.63) is 34.3 Å². The summed E-state index contributed by atoms with van der Waals surface area (Å²) >= 11 is 7.69. The number of rotatable bonds is 4. The molecule has 0 saturated carbocycles. The lowest BCUT2D eigenvalue weighted by atomic mass is 10.1. The van der Waals surface area contributed by atoms with Crippen LogP contribution < -0.4 is 0 Å². The van der Waals surface area contributed by atoms with Crippen LogP contribution in [0.25, 0.3) is 0 Å². The molecule has 0 atom stereocenters. The molecule has 4 heteroatoms. The maximum atomic E-state index is 10.6. The smallest absolute Gasteiger partial charge is 0.335 e. The summed E-state index contributed by atoms with van der Waals surface area (Å²) in [6, 6.07) is 4.85. The van der Waals surface area contributed by atoms with Gasteiger partial charge in [0.15, 0.2) is 0 Å². The molecule has 0 heterocycles. The SMILES string of the molecule is CCSCc1ccc(C(=O)O)cc1Cl. The van der Waals surface area contributed by atoms with Gasteiger partial charge in [0, 0.05) is 10.8 Å². The molecule has 0 bridgehead atoms. The van der Waals surface area contributed by atoms with Gasteiger partial charge in [0.2, 0.25) is 0 Å². The number of benzene rings is 1. The van der Waals surface area contributed by atoms with E-state index in [-0.39, 0.29) is 5.56 Å². The summed E-state index contributed by atoms with van der Waals surface area (Å²) in [6.07, 6.45) is 0. The van der Waals surface area contributed by atoms with Crippen molar-refractivity contribution < 1.29 is 9.90 Å². The zero-order valence-corrected chi connectivity index (χ0v) is 9.36. The number of carboxylic acid groups (broad SMARTS) is 1. The van der Waals surface area contributed by atoms with Crippen LogP contribution in [0.15, 0.2) is 18.2 Å². The Hall–Kier alpha value is -0.670. The number of hydrogen-bond donors (Lipinski definition) is 1. The van der Waals surface area contributed by atoms with Gasteiger partial charge in [-0.1, -0.05) is 24.6 Å². The summed E-state index contributed by atoms with van der Waals surface area (Å²) in [5.41, 5.74) is 1.23. The third kappa shape index (κ3) is 2.93. The minimum Gasteiger partial charge on any atom is -0.478 e. The second-order valence-electron chi connectivity index (χ2n) is 2.75. The Bertz CT molecular complexity index is 339. The molecule has 0 radical (unpaired) electrons. The maximum absolute atomic E-state index is 10.6. The highest BCUT2D eigenvalue weighted by Gasteiger charge is 2.06. The van der Waals surface area contributed by atoms with E-state index in [0.29, 0.717) is 5.02 Å². The molecular formula is C10H11ClO2S. The van der Waals surface area contributed by atoms with Crippen molar-refractivity contribution in [1.82, 2.24) is 0 Å². The summed E-state index contributed by atoms with van der Waals surface area (Å²) < 4.78 is 0. The Morgan fingerprint density at radius 1 is 1.57 bits per heavy atom. The Labute approximate surface area is 92.3 Å². The molecule has 0 unspecified atom stereocenters. The van der Waals surface area contributed by atoms with Gasteiger partial charge in [0.25, 0.3) is 0 Å². The van der Waals surface area contributed by atoms with E-state index in [4.69, 9.17) is 16.7 Å². The quantitative estimate of drug-likeness (QED) is 0.863. The molecule has 0 spiro atoms. The Balaban J connectivity index is 2.84. The van der Waals surface area contributed by atoms with Crippen LogP contribution in [-0.4, -0.2) is 16.8 Å². The van der Waals surface area contributed by atoms with E-state index >= 15 is 0 Å². The summed E-state index contributed by atoms with van der Waals surface area (Å²) in [4.78, 5) is 10.6. The predicted molar refractivity (Wildman–Crippen MR) is 60.2 cm³/mol. The second-order valence-corrected chi connectivity index (χ2v) is 4.43. The van der Waals surface area contributed by atoms with E-state index in [9.17, 15) is 4.79 Å². The number of aromatic carboxylic acids is 1. The summed E-state index contributed by atoms with van der Waals surface area (Å²) in [7, 11) is 0. The van der Waals surface area contributed by atoms with Crippen molar-refractivity contribution in [3.8, 4) is 0 Å². The first-order valence-electron chi connectivity index (χ1n) is 4.24. The lowest BCUT2D eigenvalue weighted by Gasteiger charge is -2.03. The monoisotopic (exact) mass is 230 g/mol. The standard InChI is InChI=1S/C10H11ClO2S/c1-2-14-6-8-4-3-7(10(12)13)5-9(8)11/h3-5H,2,6H2,1H3,(H,12,13). The van der Waals surface area contributed by atoms with E-state index in [2.05, 4.69) is 6.92 Å². The van der Waals surface area contributed by atoms with Crippen LogP contribution in [0.2, 0.25) is 5.02 Å². The highest BCUT2D eigenvalue weighted by atomic mass is 35.5. The first kappa shape index (κ1) is 11.4. The normalized spacial score (nSPS) is 10.1. The van der Waals surface area contributed by atoms with Crippen molar-refractivity contribution in [2.75, 3.05) is 5.75 Å². The topological polar surface area (TPSA) is 37.3 Å². The van der Waals surface area contributed by atoms with Gasteiger partial charge >= 0.3 is 5.97 Å². The lowest BCUT2D eigenvalue weighted by Crippen LogP contribution is -1.96. The van der Waals surface area contributed by atoms with Crippen molar-refractivity contribution in [2.24, 2.45) is 0 Å². The van der Waals surface area contributed by atoms with Gasteiger partial charge in [-0.15, -0.1) is 0 Å². The molecular weight excluding hydrogens is 220 g/mol. The maximum Gasteiger partial charge on any atom is 0.335 e. The van der Waals surface area contributed by atoms with Crippen LogP contribution in [0.1, 0.15) is 22.8 Å². The van der Waals surface area contributed by atoms with Gasteiger partial charge < -0.3 is 5.11 Å². The first-order chi connectivity index (χ1) is 6.65. The van der Waals surface area contributed by atoms with E-state index in [1.807, 2.05) is 0 Å². The molecule has 0 saturated heterocycles. The summed E-state index contributed by atoms with van der Waals surface area (Å²) in [5, 5.41) is 9.25. The van der Waals surface area contributed by atoms with Crippen LogP contribution in [-0.2, 0) is 5.75 Å². The molecule has 14 heavy (non-hydrogen) atoms. The molecule has 1 aromatic rings. The molecule has 0 aromatic heterocycles. The first-order valence-corrected chi connectivity index (χ1v) is 5.78. The highest BCUT2D eigenvalue weighted by molar-refractivity contribution is 7.98. The molecule has 1 aromatic carbocycles. The van der Waals surface area contributed by atoms with E-state index < -0.39 is 5.97 Å². The lowest BCUT2D eigenvalue weighted by molar-refractivity contribution is 0.0697. The average Bonchev–Trinajstić information content (AvgIpc) is 2.15. The van der Waals surface area contributed by atoms with Crippen molar-refractivity contribution in [3.63, 3.8) is 0 Å². The third-order valence-corrected chi connectivity index (χ3v) is 3.04. The number of hydrogen-bond acceptors (Lipinski definition) is 2. The fraction of sp³-hybridized carbons (Fsp3) is 0.300. The molecule has 0 aliphatic heterocycles. The van der Waals surface area contributed by atoms with E-state index in [0.717, 1.165) is 17.1 Å². The largest absolute Gasteiger partial charge is 0.478 e. The van der Waals surface area contributed by atoms with Gasteiger partial charge in [-0.2, -0.15) is 11.8 Å². The third-order valence-electron chi connectivity index (χ3n) is 1.76. The van der Waals surface area contributed by atoms with Gasteiger partial charge in [-0.05, 0) is 23.4 Å². The number of thioether (sulfide) groups is 1. The minimum absolute atomic E-state index is 0.236. The molecule has 0 amide bonds. The fourth-order valence-electron chi connectivity index (χ4n) is 1.01. The molecule has 76 valence electrons. The average molecular weight is 231 g/mol. The fourth-order valence-corrected chi connectivity index (χ4v) is 2.01. The van der Waals surface area contributed by atoms with Gasteiger partial charge in [0.1, 0.15) is 0 Å². The van der Waals surface area contributed by atoms with Gasteiger partial charge in [-0.3, -0.25) is 0 Å². The number of carbonyl (C=O) groups is 1. The van der Waals surface area contributed by atoms with Crippen LogP contribution in [0.4, 0.5) is 0 Å². The van der Waals surface area contributed by atoms with Crippen molar-refractivity contribution in [2.45, 2.75) is 12.7 Å². The van der Waals surface area contributed by atoms with Gasteiger partial charge in [0.05, 0.1) is 5.56 Å². The van der Waals surface area contributed by atoms with Crippen LogP contribution in [0.5, 0.6) is 0 Å². The minimum atomic E-state index is -0.943. The Morgan fingerprint density at radius 3 is 2.79 bits per heavy atom. The zero-order chi connectivity index (χ0) is 10.6. The van der Waals surface area contributed by atoms with Crippen molar-refractivity contribution in [1.29, 1.82) is 0 Å². The molecule has 2 nitrogen and oxygen atoms in total. The Morgan fingerprint density at radius 2 is 2.29 bits per heavy atom. The van der Waals surface area contributed by atoms with Crippen LogP contribution >= 0.6 is 23.4 Å². The van der Waals surface area contributed by atoms with Gasteiger partial charge in [-0.25, -0.2) is 4.79 Å². The molecule has 0 aliphatic rings. The van der Waals surface area contributed by atoms with E-state index in [1.165, 1.54) is 6.07 Å². The zero-order valence-electron chi connectivity index (χ0n) is 7.79. The predicted octanol–water partition coefficient (Wildman–Crippen LogP) is 3.29. The van der Waals surface area contributed by atoms with E-state index in [1.54, 1.807) is 23.9 Å². The molecule has 1 N–H and O–H groups in total. The molecule has 0 aliphatic carbocycles. The number of halogens is 1. The highest BCUT2D eigenvalue weighted by Crippen LogP contribution is 2.22. The molecule has 1 rings (SSSR count). The summed E-state index contributed by atoms with van der Waals surface area (Å²) in [6.45, 7) is 2.07. The van der Waals surface area contributed by atoms with Crippen LogP contribution in [0.3, 0.4) is 0 Å². The summed E-state index contributed by atoms with van der Waals surface area (Å²) in [5.74, 6) is 0.910. The molecule has 0 fully saturated rings. The van der Waals surface area contributed by atoms with Crippen LogP contribution in [0, 0.1) is 0 Å². The Kier molecular flexibility index (Phi) is 4.29. The number of carboxylic acids is 1. The van der Waals surface area contributed by atoms with Crippen molar-refractivity contribution >= 4 is 29.3 Å².